The van der Waals surface area contributed by atoms with Gasteiger partial charge in [0, 0.05) is 11.1 Å². The maximum absolute atomic E-state index is 14.9. The van der Waals surface area contributed by atoms with Gasteiger partial charge in [-0.2, -0.15) is 4.39 Å². The van der Waals surface area contributed by atoms with E-state index in [1.54, 1.807) is 0 Å². The van der Waals surface area contributed by atoms with Gasteiger partial charge >= 0.3 is 0 Å². The van der Waals surface area contributed by atoms with Gasteiger partial charge < -0.3 is 5.11 Å². The fourth-order valence-corrected chi connectivity index (χ4v) is 5.49. The summed E-state index contributed by atoms with van der Waals surface area (Å²) >= 11 is 0. The number of hydrogen-bond donors (Lipinski definition) is 1. The van der Waals surface area contributed by atoms with Gasteiger partial charge in [-0.3, -0.25) is 0 Å². The monoisotopic (exact) mass is 420 g/mol. The zero-order chi connectivity index (χ0) is 21.4. The smallest absolute Gasteiger partial charge is 0.200 e. The minimum absolute atomic E-state index is 0.0475. The molecule has 0 saturated heterocycles. The van der Waals surface area contributed by atoms with Gasteiger partial charge in [0.05, 0.1) is 0 Å². The lowest BCUT2D eigenvalue weighted by Crippen LogP contribution is -2.25. The molecule has 0 heterocycles. The van der Waals surface area contributed by atoms with Crippen molar-refractivity contribution in [3.8, 4) is 16.9 Å². The number of phenols is 1. The van der Waals surface area contributed by atoms with E-state index in [0.29, 0.717) is 11.5 Å². The average Bonchev–Trinajstić information content (AvgIpc) is 2.75. The van der Waals surface area contributed by atoms with Crippen LogP contribution >= 0.6 is 0 Å². The molecule has 1 nitrogen and oxygen atoms in total. The second-order valence-electron chi connectivity index (χ2n) is 9.22. The van der Waals surface area contributed by atoms with Crippen LogP contribution in [0.1, 0.15) is 69.8 Å². The normalized spacial score (nSPS) is 27.2. The fourth-order valence-electron chi connectivity index (χ4n) is 5.49. The molecule has 2 fully saturated rings. The third-order valence-corrected chi connectivity index (χ3v) is 7.40. The van der Waals surface area contributed by atoms with Gasteiger partial charge in [-0.15, -0.1) is 0 Å². The van der Waals surface area contributed by atoms with Gasteiger partial charge in [-0.05, 0) is 79.9 Å². The lowest BCUT2D eigenvalue weighted by Gasteiger charge is -2.37. The Labute approximate surface area is 175 Å². The fraction of sp³-hybridized carbons (Fsp3) is 0.520. The van der Waals surface area contributed by atoms with E-state index in [2.05, 4.69) is 6.92 Å². The minimum Gasteiger partial charge on any atom is -0.505 e. The molecule has 162 valence electrons. The molecule has 5 heteroatoms. The highest BCUT2D eigenvalue weighted by Gasteiger charge is 2.32. The number of phenolic OH excluding ortho intramolecular Hbond substituents is 1. The van der Waals surface area contributed by atoms with E-state index in [9.17, 15) is 22.7 Å². The van der Waals surface area contributed by atoms with E-state index in [1.165, 1.54) is 37.8 Å². The van der Waals surface area contributed by atoms with Crippen LogP contribution in [0.15, 0.2) is 24.3 Å². The molecule has 0 aromatic heterocycles. The lowest BCUT2D eigenvalue weighted by atomic mass is 9.68. The first-order chi connectivity index (χ1) is 14.4. The summed E-state index contributed by atoms with van der Waals surface area (Å²) in [5.41, 5.74) is -0.409. The largest absolute Gasteiger partial charge is 0.505 e. The molecule has 2 aliphatic carbocycles. The molecule has 2 aliphatic rings. The van der Waals surface area contributed by atoms with Crippen molar-refractivity contribution in [1.29, 1.82) is 0 Å². The van der Waals surface area contributed by atoms with Crippen molar-refractivity contribution in [3.63, 3.8) is 0 Å². The van der Waals surface area contributed by atoms with Crippen LogP contribution in [-0.4, -0.2) is 5.11 Å². The van der Waals surface area contributed by atoms with Crippen molar-refractivity contribution in [3.05, 3.63) is 53.1 Å². The molecule has 0 unspecified atom stereocenters. The van der Waals surface area contributed by atoms with Crippen LogP contribution in [0.5, 0.6) is 5.75 Å². The highest BCUT2D eigenvalue weighted by Crippen LogP contribution is 2.45. The molecule has 2 aromatic carbocycles. The standard InChI is InChI=1S/C25H28F4O/c1-14-2-4-15(5-3-14)16-6-8-17(9-7-16)18-10-11-19(23(27)22(18)26)20-12-13-21(30)25(29)24(20)28/h10-17,30H,2-9H2,1H3. The second-order valence-corrected chi connectivity index (χ2v) is 9.22. The summed E-state index contributed by atoms with van der Waals surface area (Å²) in [6.45, 7) is 2.31. The van der Waals surface area contributed by atoms with Gasteiger partial charge in [-0.1, -0.05) is 31.9 Å². The van der Waals surface area contributed by atoms with Crippen LogP contribution in [-0.2, 0) is 0 Å². The summed E-state index contributed by atoms with van der Waals surface area (Å²) in [7, 11) is 0. The number of halogens is 4. The molecule has 0 bridgehead atoms. The van der Waals surface area contributed by atoms with E-state index in [4.69, 9.17) is 0 Å². The summed E-state index contributed by atoms with van der Waals surface area (Å²) < 4.78 is 57.5. The second kappa shape index (κ2) is 8.60. The molecule has 2 saturated carbocycles. The predicted molar refractivity (Wildman–Crippen MR) is 109 cm³/mol. The third-order valence-electron chi connectivity index (χ3n) is 7.40. The molecule has 0 radical (unpaired) electrons. The van der Waals surface area contributed by atoms with Crippen LogP contribution in [0.25, 0.3) is 11.1 Å². The van der Waals surface area contributed by atoms with E-state index in [0.717, 1.165) is 49.7 Å². The van der Waals surface area contributed by atoms with Crippen molar-refractivity contribution < 1.29 is 22.7 Å². The van der Waals surface area contributed by atoms with E-state index in [-0.39, 0.29) is 11.5 Å². The summed E-state index contributed by atoms with van der Waals surface area (Å²) in [4.78, 5) is 0. The van der Waals surface area contributed by atoms with Crippen LogP contribution < -0.4 is 0 Å². The Balaban J connectivity index is 1.50. The number of hydrogen-bond acceptors (Lipinski definition) is 1. The molecular formula is C25H28F4O. The predicted octanol–water partition coefficient (Wildman–Crippen LogP) is 7.72. The first-order valence-electron chi connectivity index (χ1n) is 11.0. The van der Waals surface area contributed by atoms with Gasteiger partial charge in [0.15, 0.2) is 23.2 Å². The Morgan fingerprint density at radius 3 is 1.73 bits per heavy atom. The minimum atomic E-state index is -1.47. The Kier molecular flexibility index (Phi) is 6.08. The Morgan fingerprint density at radius 2 is 1.13 bits per heavy atom. The Bertz CT molecular complexity index is 910. The molecule has 0 aliphatic heterocycles. The molecule has 0 amide bonds. The lowest BCUT2D eigenvalue weighted by molar-refractivity contribution is 0.164. The van der Waals surface area contributed by atoms with E-state index in [1.807, 2.05) is 0 Å². The maximum Gasteiger partial charge on any atom is 0.200 e. The SMILES string of the molecule is CC1CCC(C2CCC(c3ccc(-c4ccc(O)c(F)c4F)c(F)c3F)CC2)CC1. The van der Waals surface area contributed by atoms with Crippen molar-refractivity contribution in [2.75, 3.05) is 0 Å². The third kappa shape index (κ3) is 3.95. The quantitative estimate of drug-likeness (QED) is 0.504. The van der Waals surface area contributed by atoms with Gasteiger partial charge in [0.1, 0.15) is 0 Å². The molecule has 2 aromatic rings. The van der Waals surface area contributed by atoms with Gasteiger partial charge in [0.2, 0.25) is 5.82 Å². The van der Waals surface area contributed by atoms with Gasteiger partial charge in [-0.25, -0.2) is 13.2 Å². The van der Waals surface area contributed by atoms with Gasteiger partial charge in [0.25, 0.3) is 0 Å². The number of aromatic hydroxyl groups is 1. The van der Waals surface area contributed by atoms with E-state index < -0.39 is 34.6 Å². The summed E-state index contributed by atoms with van der Waals surface area (Å²) in [5, 5.41) is 9.26. The topological polar surface area (TPSA) is 20.2 Å². The zero-order valence-electron chi connectivity index (χ0n) is 17.2. The van der Waals surface area contributed by atoms with Crippen molar-refractivity contribution in [1.82, 2.24) is 0 Å². The Hall–Kier alpha value is -2.04. The van der Waals surface area contributed by atoms with Crippen LogP contribution in [0, 0.1) is 41.0 Å². The zero-order valence-corrected chi connectivity index (χ0v) is 17.2. The maximum atomic E-state index is 14.9. The van der Waals surface area contributed by atoms with Crippen LogP contribution in [0.2, 0.25) is 0 Å². The highest BCUT2D eigenvalue weighted by molar-refractivity contribution is 5.66. The number of benzene rings is 2. The van der Waals surface area contributed by atoms with Crippen molar-refractivity contribution >= 4 is 0 Å². The summed E-state index contributed by atoms with van der Waals surface area (Å²) in [6, 6.07) is 4.82. The highest BCUT2D eigenvalue weighted by atomic mass is 19.2. The number of rotatable bonds is 3. The Morgan fingerprint density at radius 1 is 0.633 bits per heavy atom. The molecule has 0 atom stereocenters. The van der Waals surface area contributed by atoms with Crippen molar-refractivity contribution in [2.45, 2.75) is 64.2 Å². The van der Waals surface area contributed by atoms with E-state index >= 15 is 0 Å². The summed E-state index contributed by atoms with van der Waals surface area (Å²) in [6.07, 6.45) is 8.87. The molecule has 4 rings (SSSR count). The van der Waals surface area contributed by atoms with Crippen LogP contribution in [0.3, 0.4) is 0 Å². The summed E-state index contributed by atoms with van der Waals surface area (Å²) in [5.74, 6) is -3.65. The van der Waals surface area contributed by atoms with Crippen LogP contribution in [0.4, 0.5) is 17.6 Å². The molecule has 30 heavy (non-hydrogen) atoms. The van der Waals surface area contributed by atoms with Crippen molar-refractivity contribution in [2.24, 2.45) is 17.8 Å². The average molecular weight is 420 g/mol. The molecular weight excluding hydrogens is 392 g/mol. The molecule has 1 N–H and O–H groups in total. The molecule has 0 spiro atoms. The first kappa shape index (κ1) is 21.2. The first-order valence-corrected chi connectivity index (χ1v) is 11.0.